The predicted octanol–water partition coefficient (Wildman–Crippen LogP) is 2.18. The van der Waals surface area contributed by atoms with Crippen molar-refractivity contribution < 1.29 is 14.3 Å². The van der Waals surface area contributed by atoms with Crippen LogP contribution >= 0.6 is 15.9 Å². The van der Waals surface area contributed by atoms with Gasteiger partial charge in [0.05, 0.1) is 0 Å². The number of amides is 3. The summed E-state index contributed by atoms with van der Waals surface area (Å²) in [6, 6.07) is -0.814. The van der Waals surface area contributed by atoms with Crippen LogP contribution in [0.15, 0.2) is 0 Å². The van der Waals surface area contributed by atoms with Gasteiger partial charge < -0.3 is 10.5 Å². The Morgan fingerprint density at radius 2 is 1.59 bits per heavy atom. The van der Waals surface area contributed by atoms with E-state index < -0.39 is 10.4 Å². The van der Waals surface area contributed by atoms with Crippen molar-refractivity contribution in [3.63, 3.8) is 0 Å². The van der Waals surface area contributed by atoms with Gasteiger partial charge in [-0.3, -0.25) is 10.1 Å². The maximum absolute atomic E-state index is 11.3. The molecule has 0 spiro atoms. The Kier molecular flexibility index (Phi) is 11.6. The molecule has 6 heteroatoms. The number of carbonyl (C=O) groups excluding carboxylic acids is 2. The van der Waals surface area contributed by atoms with Crippen LogP contribution in [-0.2, 0) is 9.53 Å². The van der Waals surface area contributed by atoms with Crippen LogP contribution in [0.25, 0.3) is 0 Å². The number of alkyl halides is 1. The van der Waals surface area contributed by atoms with Crippen molar-refractivity contribution in [1.82, 2.24) is 5.32 Å². The van der Waals surface area contributed by atoms with E-state index in [1.807, 2.05) is 33.0 Å². The van der Waals surface area contributed by atoms with E-state index in [4.69, 9.17) is 10.5 Å². The van der Waals surface area contributed by atoms with Crippen LogP contribution in [0.4, 0.5) is 4.79 Å². The molecule has 5 nitrogen and oxygen atoms in total. The van der Waals surface area contributed by atoms with Gasteiger partial charge in [0.25, 0.3) is 0 Å². The van der Waals surface area contributed by atoms with E-state index in [1.165, 1.54) is 0 Å². The monoisotopic (exact) mass is 310 g/mol. The number of primary amides is 1. The first kappa shape index (κ1) is 18.7. The Bertz CT molecular complexity index is 229. The van der Waals surface area contributed by atoms with Gasteiger partial charge in [-0.1, -0.05) is 29.8 Å². The smallest absolute Gasteiger partial charge is 0.318 e. The molecule has 0 aliphatic rings. The minimum atomic E-state index is -0.814. The standard InChI is InChI=1S/C7H13BrN2O2.C4H10O/c1-3-7(8,4-2)5(11)10-6(9)12;1-3-5-4-2/h3-4H2,1-2H3,(H3,9,10,11,12);3-4H2,1-2H3. The summed E-state index contributed by atoms with van der Waals surface area (Å²) in [4.78, 5) is 21.6. The lowest BCUT2D eigenvalue weighted by Crippen LogP contribution is -2.46. The normalized spacial score (nSPS) is 10.2. The number of carbonyl (C=O) groups is 2. The number of halogens is 1. The summed E-state index contributed by atoms with van der Waals surface area (Å²) in [6.45, 7) is 9.39. The molecule has 0 aromatic carbocycles. The van der Waals surface area contributed by atoms with Gasteiger partial charge in [0.15, 0.2) is 0 Å². The summed E-state index contributed by atoms with van der Waals surface area (Å²) in [5.41, 5.74) is 4.81. The Morgan fingerprint density at radius 1 is 1.18 bits per heavy atom. The van der Waals surface area contributed by atoms with Crippen molar-refractivity contribution in [2.45, 2.75) is 44.9 Å². The van der Waals surface area contributed by atoms with E-state index in [0.29, 0.717) is 12.8 Å². The average molecular weight is 311 g/mol. The second-order valence-electron chi connectivity index (χ2n) is 3.27. The molecule has 0 saturated heterocycles. The van der Waals surface area contributed by atoms with Crippen molar-refractivity contribution in [3.8, 4) is 0 Å². The van der Waals surface area contributed by atoms with E-state index in [9.17, 15) is 9.59 Å². The Morgan fingerprint density at radius 3 is 1.76 bits per heavy atom. The highest BCUT2D eigenvalue weighted by Gasteiger charge is 2.32. The molecule has 0 atom stereocenters. The van der Waals surface area contributed by atoms with E-state index in [-0.39, 0.29) is 5.91 Å². The van der Waals surface area contributed by atoms with Crippen LogP contribution in [0, 0.1) is 0 Å². The molecular weight excluding hydrogens is 288 g/mol. The molecule has 0 radical (unpaired) electrons. The van der Waals surface area contributed by atoms with Crippen molar-refractivity contribution in [2.75, 3.05) is 13.2 Å². The Balaban J connectivity index is 0. The number of ether oxygens (including phenoxy) is 1. The highest BCUT2D eigenvalue weighted by Crippen LogP contribution is 2.26. The first-order chi connectivity index (χ1) is 7.87. The third-order valence-corrected chi connectivity index (χ3v) is 3.65. The van der Waals surface area contributed by atoms with Gasteiger partial charge in [0, 0.05) is 13.2 Å². The molecule has 0 unspecified atom stereocenters. The number of hydrogen-bond donors (Lipinski definition) is 2. The van der Waals surface area contributed by atoms with Crippen molar-refractivity contribution >= 4 is 27.9 Å². The fraction of sp³-hybridized carbons (Fsp3) is 0.818. The van der Waals surface area contributed by atoms with Crippen LogP contribution in [0.5, 0.6) is 0 Å². The van der Waals surface area contributed by atoms with Gasteiger partial charge in [-0.2, -0.15) is 0 Å². The molecule has 17 heavy (non-hydrogen) atoms. The fourth-order valence-corrected chi connectivity index (χ4v) is 1.10. The highest BCUT2D eigenvalue weighted by molar-refractivity contribution is 9.10. The Labute approximate surface area is 112 Å². The maximum Gasteiger partial charge on any atom is 0.318 e. The van der Waals surface area contributed by atoms with Crippen LogP contribution in [0.1, 0.15) is 40.5 Å². The SMILES string of the molecule is CCC(Br)(CC)C(=O)NC(N)=O.CCOCC. The number of rotatable bonds is 5. The molecule has 0 aromatic heterocycles. The highest BCUT2D eigenvalue weighted by atomic mass is 79.9. The zero-order valence-electron chi connectivity index (χ0n) is 11.0. The minimum Gasteiger partial charge on any atom is -0.382 e. The van der Waals surface area contributed by atoms with Gasteiger partial charge in [0.1, 0.15) is 4.32 Å². The van der Waals surface area contributed by atoms with Gasteiger partial charge >= 0.3 is 6.03 Å². The number of nitrogens with two attached hydrogens (primary N) is 1. The third kappa shape index (κ3) is 9.12. The van der Waals surface area contributed by atoms with Crippen molar-refractivity contribution in [2.24, 2.45) is 5.73 Å². The third-order valence-electron chi connectivity index (χ3n) is 2.17. The number of hydrogen-bond acceptors (Lipinski definition) is 3. The summed E-state index contributed by atoms with van der Waals surface area (Å²) in [5.74, 6) is -0.375. The number of nitrogens with one attached hydrogen (secondary N) is 1. The molecule has 0 saturated carbocycles. The summed E-state index contributed by atoms with van der Waals surface area (Å²) in [6.07, 6.45) is 1.23. The van der Waals surface area contributed by atoms with Gasteiger partial charge in [-0.15, -0.1) is 0 Å². The predicted molar refractivity (Wildman–Crippen MR) is 72.1 cm³/mol. The molecule has 0 aliphatic carbocycles. The van der Waals surface area contributed by atoms with E-state index in [0.717, 1.165) is 13.2 Å². The van der Waals surface area contributed by atoms with Crippen molar-refractivity contribution in [1.29, 1.82) is 0 Å². The second-order valence-corrected chi connectivity index (χ2v) is 4.79. The van der Waals surface area contributed by atoms with Crippen LogP contribution in [0.3, 0.4) is 0 Å². The second kappa shape index (κ2) is 10.5. The summed E-state index contributed by atoms with van der Waals surface area (Å²) in [7, 11) is 0. The molecule has 0 aliphatic heterocycles. The summed E-state index contributed by atoms with van der Waals surface area (Å²) >= 11 is 3.26. The van der Waals surface area contributed by atoms with Crippen molar-refractivity contribution in [3.05, 3.63) is 0 Å². The lowest BCUT2D eigenvalue weighted by Gasteiger charge is -2.21. The van der Waals surface area contributed by atoms with Crippen LogP contribution < -0.4 is 11.1 Å². The molecular formula is C11H23BrN2O3. The molecule has 102 valence electrons. The van der Waals surface area contributed by atoms with Gasteiger partial charge in [-0.05, 0) is 26.7 Å². The zero-order valence-corrected chi connectivity index (χ0v) is 12.6. The Hall–Kier alpha value is -0.620. The lowest BCUT2D eigenvalue weighted by atomic mass is 10.0. The molecule has 0 rings (SSSR count). The summed E-state index contributed by atoms with van der Waals surface area (Å²) in [5, 5.41) is 2.04. The average Bonchev–Trinajstić information content (AvgIpc) is 2.29. The largest absolute Gasteiger partial charge is 0.382 e. The molecule has 3 amide bonds. The van der Waals surface area contributed by atoms with E-state index in [1.54, 1.807) is 0 Å². The molecule has 0 bridgehead atoms. The van der Waals surface area contributed by atoms with Crippen LogP contribution in [-0.4, -0.2) is 29.5 Å². The van der Waals surface area contributed by atoms with Gasteiger partial charge in [-0.25, -0.2) is 4.79 Å². The maximum atomic E-state index is 11.3. The molecule has 0 aromatic rings. The van der Waals surface area contributed by atoms with E-state index >= 15 is 0 Å². The zero-order chi connectivity index (χ0) is 13.9. The summed E-state index contributed by atoms with van der Waals surface area (Å²) < 4.78 is 4.17. The molecule has 0 fully saturated rings. The minimum absolute atomic E-state index is 0.375. The number of urea groups is 1. The first-order valence-electron chi connectivity index (χ1n) is 5.75. The first-order valence-corrected chi connectivity index (χ1v) is 6.54. The fourth-order valence-electron chi connectivity index (χ4n) is 0.999. The van der Waals surface area contributed by atoms with E-state index in [2.05, 4.69) is 15.9 Å². The van der Waals surface area contributed by atoms with Crippen LogP contribution in [0.2, 0.25) is 0 Å². The molecule has 0 heterocycles. The quantitative estimate of drug-likeness (QED) is 0.764. The lowest BCUT2D eigenvalue weighted by molar-refractivity contribution is -0.122. The molecule has 3 N–H and O–H groups in total. The topological polar surface area (TPSA) is 81.4 Å². The number of imide groups is 1. The van der Waals surface area contributed by atoms with Gasteiger partial charge in [0.2, 0.25) is 5.91 Å².